The summed E-state index contributed by atoms with van der Waals surface area (Å²) >= 11 is 0. The molecule has 2 heterocycles. The van der Waals surface area contributed by atoms with Crippen LogP contribution < -0.4 is 15.8 Å². The molecular formula is C20H20N6O2. The van der Waals surface area contributed by atoms with Crippen molar-refractivity contribution in [3.8, 4) is 5.75 Å². The van der Waals surface area contributed by atoms with Crippen LogP contribution in [0.15, 0.2) is 48.5 Å². The minimum atomic E-state index is -0.0552. The lowest BCUT2D eigenvalue weighted by molar-refractivity contribution is -0.121. The lowest BCUT2D eigenvalue weighted by Crippen LogP contribution is -2.23. The van der Waals surface area contributed by atoms with Crippen LogP contribution >= 0.6 is 0 Å². The fraction of sp³-hybridized carbons (Fsp3) is 0.200. The van der Waals surface area contributed by atoms with Gasteiger partial charge in [-0.05, 0) is 24.1 Å². The predicted molar refractivity (Wildman–Crippen MR) is 106 cm³/mol. The fourth-order valence-electron chi connectivity index (χ4n) is 3.08. The van der Waals surface area contributed by atoms with Gasteiger partial charge in [0.25, 0.3) is 0 Å². The zero-order chi connectivity index (χ0) is 19.5. The number of nitrogens with zero attached hydrogens (tertiary/aromatic N) is 4. The Bertz CT molecular complexity index is 1140. The van der Waals surface area contributed by atoms with Crippen molar-refractivity contribution in [1.82, 2.24) is 24.9 Å². The molecule has 4 aromatic rings. The number of carbonyl (C=O) groups is 1. The van der Waals surface area contributed by atoms with E-state index >= 15 is 0 Å². The molecule has 0 aliphatic carbocycles. The first-order valence-corrected chi connectivity index (χ1v) is 8.94. The number of hydrogen-bond acceptors (Lipinski definition) is 6. The van der Waals surface area contributed by atoms with E-state index in [2.05, 4.69) is 20.4 Å². The summed E-state index contributed by atoms with van der Waals surface area (Å²) in [6.45, 7) is 0.222. The summed E-state index contributed by atoms with van der Waals surface area (Å²) in [6.07, 6.45) is 1.09. The number of benzene rings is 2. The molecule has 0 radical (unpaired) electrons. The molecular weight excluding hydrogens is 356 g/mol. The third kappa shape index (κ3) is 3.44. The molecule has 2 aromatic heterocycles. The van der Waals surface area contributed by atoms with Gasteiger partial charge < -0.3 is 15.8 Å². The molecule has 4 rings (SSSR count). The van der Waals surface area contributed by atoms with Gasteiger partial charge in [-0.25, -0.2) is 9.97 Å². The monoisotopic (exact) mass is 376 g/mol. The van der Waals surface area contributed by atoms with E-state index in [0.29, 0.717) is 35.6 Å². The van der Waals surface area contributed by atoms with Gasteiger partial charge in [-0.1, -0.05) is 36.4 Å². The topological polar surface area (TPSA) is 107 Å². The number of anilines is 1. The van der Waals surface area contributed by atoms with E-state index in [9.17, 15) is 4.79 Å². The molecule has 8 heteroatoms. The summed E-state index contributed by atoms with van der Waals surface area (Å²) in [4.78, 5) is 21.0. The van der Waals surface area contributed by atoms with E-state index in [0.717, 1.165) is 10.9 Å². The Hall–Kier alpha value is -3.68. The van der Waals surface area contributed by atoms with Crippen molar-refractivity contribution in [1.29, 1.82) is 0 Å². The highest BCUT2D eigenvalue weighted by Crippen LogP contribution is 2.27. The molecule has 3 N–H and O–H groups in total. The Balaban J connectivity index is 1.51. The molecule has 28 heavy (non-hydrogen) atoms. The highest BCUT2D eigenvalue weighted by molar-refractivity contribution is 5.95. The summed E-state index contributed by atoms with van der Waals surface area (Å²) < 4.78 is 6.83. The van der Waals surface area contributed by atoms with Crippen LogP contribution in [0.1, 0.15) is 17.8 Å². The standard InChI is InChI=1S/C20H20N6O2/c1-28-15-9-5-8-14-18(15)24-20(21)26-19(14)23-16(25-26)12-22-17(27)11-10-13-6-3-2-4-7-13/h2-9H,10-12H2,1H3,(H2,21,24)(H,22,27). The maximum atomic E-state index is 12.1. The van der Waals surface area contributed by atoms with Gasteiger partial charge in [-0.15, -0.1) is 5.10 Å². The van der Waals surface area contributed by atoms with Crippen LogP contribution in [0.3, 0.4) is 0 Å². The first-order chi connectivity index (χ1) is 13.7. The van der Waals surface area contributed by atoms with E-state index < -0.39 is 0 Å². The smallest absolute Gasteiger partial charge is 0.223 e. The van der Waals surface area contributed by atoms with Crippen LogP contribution in [0.5, 0.6) is 5.75 Å². The Kier molecular flexibility index (Phi) is 4.76. The number of nitrogen functional groups attached to an aromatic ring is 1. The van der Waals surface area contributed by atoms with Crippen LogP contribution in [0.4, 0.5) is 5.95 Å². The second-order valence-corrected chi connectivity index (χ2v) is 6.35. The Labute approximate surface area is 161 Å². The number of methoxy groups -OCH3 is 1. The molecule has 0 aliphatic rings. The molecule has 0 unspecified atom stereocenters. The highest BCUT2D eigenvalue weighted by atomic mass is 16.5. The quantitative estimate of drug-likeness (QED) is 0.534. The van der Waals surface area contributed by atoms with Gasteiger partial charge in [0.1, 0.15) is 11.3 Å². The molecule has 0 atom stereocenters. The minimum Gasteiger partial charge on any atom is -0.494 e. The van der Waals surface area contributed by atoms with Crippen LogP contribution in [0.25, 0.3) is 16.6 Å². The molecule has 0 spiro atoms. The van der Waals surface area contributed by atoms with E-state index in [-0.39, 0.29) is 18.4 Å². The first-order valence-electron chi connectivity index (χ1n) is 8.94. The average Bonchev–Trinajstić information content (AvgIpc) is 3.16. The predicted octanol–water partition coefficient (Wildman–Crippen LogP) is 2.12. The SMILES string of the molecule is COc1cccc2c1nc(N)n1nc(CNC(=O)CCc3ccccc3)nc21. The maximum absolute atomic E-state index is 12.1. The Morgan fingerprint density at radius 2 is 1.96 bits per heavy atom. The molecule has 2 aromatic carbocycles. The molecule has 0 saturated heterocycles. The van der Waals surface area contributed by atoms with Crippen molar-refractivity contribution < 1.29 is 9.53 Å². The molecule has 0 aliphatic heterocycles. The van der Waals surface area contributed by atoms with Crippen molar-refractivity contribution in [3.05, 3.63) is 59.9 Å². The summed E-state index contributed by atoms with van der Waals surface area (Å²) in [5, 5.41) is 8.01. The average molecular weight is 376 g/mol. The summed E-state index contributed by atoms with van der Waals surface area (Å²) in [6, 6.07) is 15.5. The summed E-state index contributed by atoms with van der Waals surface area (Å²) in [5.74, 6) is 1.24. The second-order valence-electron chi connectivity index (χ2n) is 6.35. The van der Waals surface area contributed by atoms with E-state index in [4.69, 9.17) is 10.5 Å². The van der Waals surface area contributed by atoms with E-state index in [1.54, 1.807) is 7.11 Å². The molecule has 0 fully saturated rings. The molecule has 1 amide bonds. The fourth-order valence-corrected chi connectivity index (χ4v) is 3.08. The third-order valence-corrected chi connectivity index (χ3v) is 4.48. The van der Waals surface area contributed by atoms with Crippen molar-refractivity contribution in [2.24, 2.45) is 0 Å². The largest absolute Gasteiger partial charge is 0.494 e. The van der Waals surface area contributed by atoms with Gasteiger partial charge in [0.05, 0.1) is 13.7 Å². The zero-order valence-corrected chi connectivity index (χ0v) is 15.4. The number of para-hydroxylation sites is 1. The van der Waals surface area contributed by atoms with Gasteiger partial charge in [0.15, 0.2) is 11.5 Å². The minimum absolute atomic E-state index is 0.0552. The normalized spacial score (nSPS) is 11.0. The van der Waals surface area contributed by atoms with Gasteiger partial charge in [0, 0.05) is 11.8 Å². The van der Waals surface area contributed by atoms with Crippen LogP contribution in [0.2, 0.25) is 0 Å². The molecule has 142 valence electrons. The van der Waals surface area contributed by atoms with Crippen LogP contribution in [-0.2, 0) is 17.8 Å². The maximum Gasteiger partial charge on any atom is 0.223 e. The third-order valence-electron chi connectivity index (χ3n) is 4.48. The van der Waals surface area contributed by atoms with Gasteiger partial charge >= 0.3 is 0 Å². The summed E-state index contributed by atoms with van der Waals surface area (Å²) in [5.41, 5.74) is 8.37. The number of nitrogens with one attached hydrogen (secondary N) is 1. The number of hydrogen-bond donors (Lipinski definition) is 2. The second kappa shape index (κ2) is 7.51. The molecule has 0 bridgehead atoms. The van der Waals surface area contributed by atoms with E-state index in [1.807, 2.05) is 48.5 Å². The lowest BCUT2D eigenvalue weighted by Gasteiger charge is -2.06. The first kappa shape index (κ1) is 17.7. The number of fused-ring (bicyclic) bond motifs is 3. The van der Waals surface area contributed by atoms with Crippen LogP contribution in [-0.4, -0.2) is 32.6 Å². The number of carbonyl (C=O) groups excluding carboxylic acids is 1. The number of ether oxygens (including phenoxy) is 1. The molecule has 0 saturated carbocycles. The lowest BCUT2D eigenvalue weighted by atomic mass is 10.1. The van der Waals surface area contributed by atoms with Crippen LogP contribution in [0, 0.1) is 0 Å². The highest BCUT2D eigenvalue weighted by Gasteiger charge is 2.14. The van der Waals surface area contributed by atoms with Gasteiger partial charge in [-0.3, -0.25) is 4.79 Å². The van der Waals surface area contributed by atoms with Gasteiger partial charge in [0.2, 0.25) is 11.9 Å². The van der Waals surface area contributed by atoms with Crippen molar-refractivity contribution in [2.75, 3.05) is 12.8 Å². The number of rotatable bonds is 6. The number of amides is 1. The number of aryl methyl sites for hydroxylation is 1. The van der Waals surface area contributed by atoms with Crippen molar-refractivity contribution >= 4 is 28.4 Å². The van der Waals surface area contributed by atoms with Crippen molar-refractivity contribution in [2.45, 2.75) is 19.4 Å². The molecule has 8 nitrogen and oxygen atoms in total. The van der Waals surface area contributed by atoms with Gasteiger partial charge in [-0.2, -0.15) is 4.52 Å². The van der Waals surface area contributed by atoms with Crippen molar-refractivity contribution in [3.63, 3.8) is 0 Å². The zero-order valence-electron chi connectivity index (χ0n) is 15.4. The number of aromatic nitrogens is 4. The van der Waals surface area contributed by atoms with E-state index in [1.165, 1.54) is 4.52 Å². The number of nitrogens with two attached hydrogens (primary N) is 1. The Morgan fingerprint density at radius 3 is 2.75 bits per heavy atom. The Morgan fingerprint density at radius 1 is 1.14 bits per heavy atom. The summed E-state index contributed by atoms with van der Waals surface area (Å²) in [7, 11) is 1.58.